The molecule has 3 heterocycles. The first kappa shape index (κ1) is 52.1. The Hall–Kier alpha value is -6.98. The predicted octanol–water partition coefficient (Wildman–Crippen LogP) is 18.6. The third kappa shape index (κ3) is 8.87. The third-order valence-corrected chi connectivity index (χ3v) is 16.6. The van der Waals surface area contributed by atoms with E-state index in [2.05, 4.69) is 308 Å². The number of hydrogen-bond acceptors (Lipinski definition) is 3. The van der Waals surface area contributed by atoms with Crippen LogP contribution in [-0.2, 0) is 32.6 Å². The van der Waals surface area contributed by atoms with Crippen LogP contribution < -0.4 is 31.1 Å². The highest BCUT2D eigenvalue weighted by molar-refractivity contribution is 7.00. The second-order valence-corrected chi connectivity index (χ2v) is 28.4. The van der Waals surface area contributed by atoms with Crippen molar-refractivity contribution in [3.8, 4) is 0 Å². The molecule has 0 aliphatic carbocycles. The molecule has 4 nitrogen and oxygen atoms in total. The Morgan fingerprint density at radius 1 is 0.364 bits per heavy atom. The molecule has 0 radical (unpaired) electrons. The zero-order chi connectivity index (χ0) is 55.1. The van der Waals surface area contributed by atoms with Gasteiger partial charge < -0.3 is 19.3 Å². The molecule has 0 bridgehead atoms. The van der Waals surface area contributed by atoms with Crippen LogP contribution in [0.1, 0.15) is 152 Å². The van der Waals surface area contributed by atoms with Gasteiger partial charge in [-0.25, -0.2) is 0 Å². The third-order valence-electron chi connectivity index (χ3n) is 16.6. The lowest BCUT2D eigenvalue weighted by Crippen LogP contribution is -2.61. The van der Waals surface area contributed by atoms with Crippen molar-refractivity contribution in [2.75, 3.05) is 14.7 Å². The normalized spacial score (nSPS) is 14.0. The van der Waals surface area contributed by atoms with E-state index < -0.39 is 0 Å². The van der Waals surface area contributed by atoms with Crippen molar-refractivity contribution in [1.82, 2.24) is 4.57 Å². The topological polar surface area (TPSA) is 14.7 Å². The standard InChI is InChI=1S/C72H81BN4/c1-67(2,3)46-26-35-51(36-27-46)74(52-37-28-47(29-38-52)68(4,5)6)66-63-55-22-19-20-23-58(55)77(72(16,17)18)62(63)45-57-65(66)76(54-41-32-49(33-42-54)70(10,11)12)61-25-21-24-60-64(61)73(57)56-44-50(71(13,14)15)34-43-59(56)75(60)53-39-30-48(31-40-53)69(7,8)9/h19-45H,1-18H3. The van der Waals surface area contributed by atoms with Gasteiger partial charge in [-0.05, 0) is 171 Å². The maximum Gasteiger partial charge on any atom is 0.252 e. The van der Waals surface area contributed by atoms with Crippen LogP contribution in [0.4, 0.5) is 51.2 Å². The Balaban J connectivity index is 1.35. The van der Waals surface area contributed by atoms with Crippen molar-refractivity contribution in [1.29, 1.82) is 0 Å². The molecule has 0 atom stereocenters. The summed E-state index contributed by atoms with van der Waals surface area (Å²) in [5, 5.41) is 2.48. The number of fused-ring (bicyclic) bond motifs is 7. The maximum absolute atomic E-state index is 2.65. The van der Waals surface area contributed by atoms with Gasteiger partial charge >= 0.3 is 0 Å². The fraction of sp³-hybridized carbons (Fsp3) is 0.333. The highest BCUT2D eigenvalue weighted by Crippen LogP contribution is 2.54. The van der Waals surface area contributed by atoms with Gasteiger partial charge in [-0.3, -0.25) is 0 Å². The van der Waals surface area contributed by atoms with E-state index in [9.17, 15) is 0 Å². The molecule has 0 saturated carbocycles. The Bertz CT molecular complexity index is 3660. The van der Waals surface area contributed by atoms with E-state index in [1.165, 1.54) is 94.4 Å². The quantitative estimate of drug-likeness (QED) is 0.160. The Labute approximate surface area is 461 Å². The summed E-state index contributed by atoms with van der Waals surface area (Å²) < 4.78 is 2.63. The van der Waals surface area contributed by atoms with Crippen molar-refractivity contribution in [2.45, 2.75) is 157 Å². The Morgan fingerprint density at radius 3 is 1.26 bits per heavy atom. The lowest BCUT2D eigenvalue weighted by atomic mass is 9.33. The zero-order valence-electron chi connectivity index (χ0n) is 49.5. The molecule has 0 unspecified atom stereocenters. The van der Waals surface area contributed by atoms with Gasteiger partial charge in [0, 0.05) is 61.6 Å². The molecule has 5 heteroatoms. The molecule has 77 heavy (non-hydrogen) atoms. The molecule has 2 aliphatic rings. The Morgan fingerprint density at radius 2 is 0.792 bits per heavy atom. The monoisotopic (exact) mass is 1010 g/mol. The van der Waals surface area contributed by atoms with E-state index in [1.54, 1.807) is 0 Å². The number of para-hydroxylation sites is 1. The van der Waals surface area contributed by atoms with E-state index in [0.717, 1.165) is 22.7 Å². The van der Waals surface area contributed by atoms with Crippen molar-refractivity contribution in [3.63, 3.8) is 0 Å². The van der Waals surface area contributed by atoms with Crippen LogP contribution in [0.2, 0.25) is 0 Å². The fourth-order valence-electron chi connectivity index (χ4n) is 12.3. The first-order valence-corrected chi connectivity index (χ1v) is 28.2. The molecular weight excluding hydrogens is 932 g/mol. The van der Waals surface area contributed by atoms with E-state index in [0.29, 0.717) is 0 Å². The molecule has 0 amide bonds. The smallest absolute Gasteiger partial charge is 0.252 e. The van der Waals surface area contributed by atoms with E-state index >= 15 is 0 Å². The summed E-state index contributed by atoms with van der Waals surface area (Å²) in [6.07, 6.45) is 0. The number of benzene rings is 8. The zero-order valence-corrected chi connectivity index (χ0v) is 49.5. The number of hydrogen-bond donors (Lipinski definition) is 0. The predicted molar refractivity (Wildman–Crippen MR) is 337 cm³/mol. The Kier molecular flexibility index (Phi) is 12.0. The van der Waals surface area contributed by atoms with Gasteiger partial charge in [0.15, 0.2) is 0 Å². The SMILES string of the molecule is CC(C)(C)c1ccc(N2c3ccc(C(C)(C)C)cc3B3c4cc5c(c(N(c6ccc(C(C)(C)C)cc6)c6ccc(C(C)(C)C)cc6)c4N(c4ccc(C(C)(C)C)cc4)c4cccc2c43)c2ccccc2n5C(C)(C)C)cc1. The number of rotatable bonds is 5. The minimum atomic E-state index is -0.263. The second kappa shape index (κ2) is 17.8. The molecule has 392 valence electrons. The number of aromatic nitrogens is 1. The van der Waals surface area contributed by atoms with Crippen LogP contribution in [-0.4, -0.2) is 11.3 Å². The van der Waals surface area contributed by atoms with Crippen LogP contribution in [0.3, 0.4) is 0 Å². The van der Waals surface area contributed by atoms with Crippen LogP contribution >= 0.6 is 0 Å². The first-order valence-electron chi connectivity index (χ1n) is 28.2. The van der Waals surface area contributed by atoms with Gasteiger partial charge in [-0.2, -0.15) is 0 Å². The summed E-state index contributed by atoms with van der Waals surface area (Å²) in [6, 6.07) is 64.0. The molecule has 0 saturated heterocycles. The van der Waals surface area contributed by atoms with E-state index in [-0.39, 0.29) is 39.3 Å². The minimum absolute atomic E-state index is 0.0166. The average molecular weight is 1010 g/mol. The van der Waals surface area contributed by atoms with Crippen LogP contribution in [0.15, 0.2) is 164 Å². The van der Waals surface area contributed by atoms with Crippen molar-refractivity contribution in [3.05, 3.63) is 192 Å². The lowest BCUT2D eigenvalue weighted by molar-refractivity contribution is 0.423. The van der Waals surface area contributed by atoms with Crippen LogP contribution in [0.5, 0.6) is 0 Å². The second-order valence-electron chi connectivity index (χ2n) is 28.4. The first-order chi connectivity index (χ1) is 36.0. The van der Waals surface area contributed by atoms with Gasteiger partial charge in [0.2, 0.25) is 0 Å². The molecule has 0 spiro atoms. The highest BCUT2D eigenvalue weighted by Gasteiger charge is 2.46. The van der Waals surface area contributed by atoms with E-state index in [1.807, 2.05) is 0 Å². The largest absolute Gasteiger partial charge is 0.335 e. The number of anilines is 9. The molecule has 9 aromatic rings. The average Bonchev–Trinajstić information content (AvgIpc) is 3.93. The summed E-state index contributed by atoms with van der Waals surface area (Å²) >= 11 is 0. The fourth-order valence-corrected chi connectivity index (χ4v) is 12.3. The molecule has 0 fully saturated rings. The molecule has 1 aromatic heterocycles. The summed E-state index contributed by atoms with van der Waals surface area (Å²) in [7, 11) is 0. The van der Waals surface area contributed by atoms with Gasteiger partial charge in [0.05, 0.1) is 16.9 Å². The van der Waals surface area contributed by atoms with Gasteiger partial charge in [-0.1, -0.05) is 189 Å². The molecule has 8 aromatic carbocycles. The van der Waals surface area contributed by atoms with Crippen molar-refractivity contribution < 1.29 is 0 Å². The summed E-state index contributed by atoms with van der Waals surface area (Å²) in [5.41, 5.74) is 23.1. The highest BCUT2D eigenvalue weighted by atomic mass is 15.2. The molecular formula is C72H81BN4. The van der Waals surface area contributed by atoms with Crippen LogP contribution in [0.25, 0.3) is 21.8 Å². The summed E-state index contributed by atoms with van der Waals surface area (Å²) in [4.78, 5) is 7.82. The number of nitrogens with zero attached hydrogens (tertiary/aromatic N) is 4. The minimum Gasteiger partial charge on any atom is -0.335 e. The van der Waals surface area contributed by atoms with Gasteiger partial charge in [0.1, 0.15) is 0 Å². The van der Waals surface area contributed by atoms with Gasteiger partial charge in [0.25, 0.3) is 6.71 Å². The summed E-state index contributed by atoms with van der Waals surface area (Å²) in [6.45, 7) is 41.8. The molecule has 11 rings (SSSR count). The summed E-state index contributed by atoms with van der Waals surface area (Å²) in [5.74, 6) is 0. The van der Waals surface area contributed by atoms with Crippen molar-refractivity contribution in [2.24, 2.45) is 0 Å². The lowest BCUT2D eigenvalue weighted by Gasteiger charge is -2.46. The molecule has 2 aliphatic heterocycles. The molecule has 0 N–H and O–H groups in total. The van der Waals surface area contributed by atoms with Crippen LogP contribution in [0, 0.1) is 0 Å². The van der Waals surface area contributed by atoms with Crippen molar-refractivity contribution >= 4 is 96.1 Å². The van der Waals surface area contributed by atoms with E-state index in [4.69, 9.17) is 0 Å². The van der Waals surface area contributed by atoms with Gasteiger partial charge in [-0.15, -0.1) is 0 Å². The maximum atomic E-state index is 2.65.